The summed E-state index contributed by atoms with van der Waals surface area (Å²) in [5.74, 6) is 0.00961. The van der Waals surface area contributed by atoms with E-state index >= 15 is 0 Å². The van der Waals surface area contributed by atoms with Crippen molar-refractivity contribution in [1.29, 1.82) is 0 Å². The Morgan fingerprint density at radius 2 is 1.90 bits per heavy atom. The van der Waals surface area contributed by atoms with Crippen LogP contribution in [0.4, 0.5) is 5.69 Å². The number of esters is 1. The van der Waals surface area contributed by atoms with Gasteiger partial charge in [0.1, 0.15) is 10.7 Å². The summed E-state index contributed by atoms with van der Waals surface area (Å²) in [6, 6.07) is 6.64. The zero-order valence-electron chi connectivity index (χ0n) is 17.7. The summed E-state index contributed by atoms with van der Waals surface area (Å²) in [7, 11) is -3.75. The van der Waals surface area contributed by atoms with Gasteiger partial charge in [0.25, 0.3) is 10.0 Å². The fourth-order valence-electron chi connectivity index (χ4n) is 3.91. The number of piperidine rings is 1. The van der Waals surface area contributed by atoms with Crippen LogP contribution < -0.4 is 5.32 Å². The number of ether oxygens (including phenoxy) is 1. The van der Waals surface area contributed by atoms with Crippen LogP contribution in [0.15, 0.2) is 33.6 Å². The maximum atomic E-state index is 12.8. The molecule has 1 aromatic rings. The first-order valence-corrected chi connectivity index (χ1v) is 11.7. The molecular weight excluding hydrogens is 406 g/mol. The van der Waals surface area contributed by atoms with E-state index < -0.39 is 15.4 Å². The highest BCUT2D eigenvalue weighted by Crippen LogP contribution is 2.33. The van der Waals surface area contributed by atoms with E-state index in [2.05, 4.69) is 9.71 Å². The maximum Gasteiger partial charge on any atom is 0.309 e. The van der Waals surface area contributed by atoms with E-state index in [9.17, 15) is 18.0 Å². The van der Waals surface area contributed by atoms with Crippen molar-refractivity contribution in [2.75, 3.05) is 25.0 Å². The van der Waals surface area contributed by atoms with Crippen molar-refractivity contribution < 1.29 is 22.7 Å². The second-order valence-corrected chi connectivity index (χ2v) is 10.1. The Labute approximate surface area is 177 Å². The van der Waals surface area contributed by atoms with Crippen molar-refractivity contribution >= 4 is 33.4 Å². The van der Waals surface area contributed by atoms with Gasteiger partial charge in [-0.25, -0.2) is 0 Å². The van der Waals surface area contributed by atoms with Gasteiger partial charge in [-0.05, 0) is 37.3 Å². The third kappa shape index (κ3) is 5.19. The lowest BCUT2D eigenvalue weighted by atomic mass is 9.84. The van der Waals surface area contributed by atoms with Gasteiger partial charge >= 0.3 is 5.97 Å². The van der Waals surface area contributed by atoms with Gasteiger partial charge in [0.05, 0.1) is 18.2 Å². The van der Waals surface area contributed by atoms with Crippen LogP contribution in [0.3, 0.4) is 0 Å². The molecule has 8 nitrogen and oxygen atoms in total. The molecule has 2 aliphatic heterocycles. The lowest BCUT2D eigenvalue weighted by Crippen LogP contribution is -2.42. The number of anilines is 1. The summed E-state index contributed by atoms with van der Waals surface area (Å²) in [6.07, 6.45) is 1.80. The molecule has 0 spiro atoms. The van der Waals surface area contributed by atoms with Crippen LogP contribution in [0.2, 0.25) is 0 Å². The van der Waals surface area contributed by atoms with Gasteiger partial charge in [-0.2, -0.15) is 8.42 Å². The zero-order chi connectivity index (χ0) is 21.9. The fourth-order valence-corrected chi connectivity index (χ4v) is 5.05. The van der Waals surface area contributed by atoms with Gasteiger partial charge in [-0.3, -0.25) is 9.59 Å². The summed E-state index contributed by atoms with van der Waals surface area (Å²) >= 11 is 0. The number of carbonyl (C=O) groups excluding carboxylic acids is 2. The SMILES string of the molecule is CCOC(=O)C1CCN(C(=O)CC(C)(C)CC2=NS(=O)(=O)c3ccccc3N2)CC1. The van der Waals surface area contributed by atoms with Gasteiger partial charge in [0.15, 0.2) is 0 Å². The number of fused-ring (bicyclic) bond motifs is 1. The minimum Gasteiger partial charge on any atom is -0.466 e. The predicted molar refractivity (Wildman–Crippen MR) is 114 cm³/mol. The zero-order valence-corrected chi connectivity index (χ0v) is 18.5. The van der Waals surface area contributed by atoms with Gasteiger partial charge in [0, 0.05) is 25.9 Å². The normalized spacial score (nSPS) is 18.8. The first-order chi connectivity index (χ1) is 14.1. The molecule has 0 atom stereocenters. The lowest BCUT2D eigenvalue weighted by Gasteiger charge is -2.34. The first kappa shape index (κ1) is 22.3. The second kappa shape index (κ2) is 8.75. The first-order valence-electron chi connectivity index (χ1n) is 10.3. The Balaban J connectivity index is 1.59. The molecule has 9 heteroatoms. The Morgan fingerprint density at radius 1 is 1.23 bits per heavy atom. The molecule has 1 aromatic carbocycles. The molecule has 2 aliphatic rings. The van der Waals surface area contributed by atoms with Crippen LogP contribution in [0.1, 0.15) is 46.5 Å². The van der Waals surface area contributed by atoms with E-state index in [1.807, 2.05) is 13.8 Å². The summed E-state index contributed by atoms with van der Waals surface area (Å²) < 4.78 is 33.8. The van der Waals surface area contributed by atoms with E-state index in [1.54, 1.807) is 30.0 Å². The largest absolute Gasteiger partial charge is 0.466 e. The Kier molecular flexibility index (Phi) is 6.50. The van der Waals surface area contributed by atoms with Gasteiger partial charge in [-0.1, -0.05) is 26.0 Å². The number of likely N-dealkylation sites (tertiary alicyclic amines) is 1. The molecule has 0 saturated carbocycles. The molecule has 0 radical (unpaired) electrons. The topological polar surface area (TPSA) is 105 Å². The molecule has 0 aliphatic carbocycles. The molecule has 2 heterocycles. The van der Waals surface area contributed by atoms with Crippen LogP contribution in [0.25, 0.3) is 0 Å². The average Bonchev–Trinajstić information content (AvgIpc) is 2.67. The highest BCUT2D eigenvalue weighted by Gasteiger charge is 2.33. The van der Waals surface area contributed by atoms with Crippen LogP contribution >= 0.6 is 0 Å². The van der Waals surface area contributed by atoms with Crippen molar-refractivity contribution in [2.45, 2.75) is 51.3 Å². The number of nitrogens with one attached hydrogen (secondary N) is 1. The molecule has 0 unspecified atom stereocenters. The van der Waals surface area contributed by atoms with E-state index in [0.717, 1.165) is 0 Å². The molecule has 30 heavy (non-hydrogen) atoms. The van der Waals surface area contributed by atoms with Gasteiger partial charge in [-0.15, -0.1) is 4.40 Å². The third-order valence-corrected chi connectivity index (χ3v) is 6.79. The molecule has 1 amide bonds. The van der Waals surface area contributed by atoms with Crippen molar-refractivity contribution in [3.63, 3.8) is 0 Å². The van der Waals surface area contributed by atoms with Crippen LogP contribution in [0.5, 0.6) is 0 Å². The monoisotopic (exact) mass is 435 g/mol. The number of nitrogens with zero attached hydrogens (tertiary/aromatic N) is 2. The molecule has 1 saturated heterocycles. The number of hydrogen-bond donors (Lipinski definition) is 1. The molecule has 0 aromatic heterocycles. The van der Waals surface area contributed by atoms with Crippen molar-refractivity contribution in [2.24, 2.45) is 15.7 Å². The van der Waals surface area contributed by atoms with Crippen LogP contribution in [-0.2, 0) is 24.3 Å². The Bertz CT molecular complexity index is 947. The summed E-state index contributed by atoms with van der Waals surface area (Å²) in [5, 5.41) is 3.09. The lowest BCUT2D eigenvalue weighted by molar-refractivity contribution is -0.151. The smallest absolute Gasteiger partial charge is 0.309 e. The summed E-state index contributed by atoms with van der Waals surface area (Å²) in [4.78, 5) is 26.6. The third-order valence-electron chi connectivity index (χ3n) is 5.42. The number of benzene rings is 1. The van der Waals surface area contributed by atoms with Gasteiger partial charge in [0.2, 0.25) is 5.91 Å². The summed E-state index contributed by atoms with van der Waals surface area (Å²) in [6.45, 7) is 7.05. The number of rotatable bonds is 6. The van der Waals surface area contributed by atoms with Crippen molar-refractivity contribution in [3.8, 4) is 0 Å². The second-order valence-electron chi connectivity index (χ2n) is 8.56. The van der Waals surface area contributed by atoms with Crippen molar-refractivity contribution in [3.05, 3.63) is 24.3 Å². The van der Waals surface area contributed by atoms with Crippen LogP contribution in [-0.4, -0.2) is 50.7 Å². The van der Waals surface area contributed by atoms with E-state index in [-0.39, 0.29) is 29.1 Å². The molecule has 164 valence electrons. The maximum absolute atomic E-state index is 12.8. The fraction of sp³-hybridized carbons (Fsp3) is 0.571. The molecule has 1 N–H and O–H groups in total. The van der Waals surface area contributed by atoms with Crippen LogP contribution in [0, 0.1) is 11.3 Å². The number of amides is 1. The highest BCUT2D eigenvalue weighted by atomic mass is 32.2. The Hall–Kier alpha value is -2.42. The quantitative estimate of drug-likeness (QED) is 0.689. The average molecular weight is 436 g/mol. The number of amidine groups is 1. The van der Waals surface area contributed by atoms with Crippen molar-refractivity contribution in [1.82, 2.24) is 4.90 Å². The molecular formula is C21H29N3O5S. The number of sulfonamides is 1. The minimum absolute atomic E-state index is 0.00183. The summed E-state index contributed by atoms with van der Waals surface area (Å²) in [5.41, 5.74) is 0.0218. The molecule has 3 rings (SSSR count). The predicted octanol–water partition coefficient (Wildman–Crippen LogP) is 2.81. The number of hydrogen-bond acceptors (Lipinski definition) is 6. The highest BCUT2D eigenvalue weighted by molar-refractivity contribution is 7.90. The Morgan fingerprint density at radius 3 is 2.57 bits per heavy atom. The number of carbonyl (C=O) groups is 2. The number of para-hydroxylation sites is 1. The van der Waals surface area contributed by atoms with E-state index in [4.69, 9.17) is 4.74 Å². The minimum atomic E-state index is -3.75. The standard InChI is InChI=1S/C21H29N3O5S/c1-4-29-20(26)15-9-11-24(12-10-15)19(25)14-21(2,3)13-18-22-16-7-5-6-8-17(16)30(27,28)23-18/h5-8,15H,4,9-14H2,1-3H3,(H,22,23). The van der Waals surface area contributed by atoms with E-state index in [0.29, 0.717) is 50.5 Å². The molecule has 1 fully saturated rings. The van der Waals surface area contributed by atoms with E-state index in [1.165, 1.54) is 6.07 Å². The van der Waals surface area contributed by atoms with Gasteiger partial charge < -0.3 is 15.0 Å². The molecule has 0 bridgehead atoms.